The average Bonchev–Trinajstić information content (AvgIpc) is 2.83. The second-order valence-corrected chi connectivity index (χ2v) is 6.35. The first-order chi connectivity index (χ1) is 9.17. The molecule has 104 valence electrons. The first-order valence-electron chi connectivity index (χ1n) is 7.76. The van der Waals surface area contributed by atoms with Crippen LogP contribution in [-0.2, 0) is 0 Å². The van der Waals surface area contributed by atoms with E-state index in [1.807, 2.05) is 0 Å². The monoisotopic (exact) mass is 258 g/mol. The quantitative estimate of drug-likeness (QED) is 0.802. The van der Waals surface area contributed by atoms with Crippen molar-refractivity contribution in [3.8, 4) is 0 Å². The van der Waals surface area contributed by atoms with Gasteiger partial charge in [-0.25, -0.2) is 0 Å². The number of anilines is 1. The number of piperazine rings is 1. The molecular weight excluding hydrogens is 232 g/mol. The van der Waals surface area contributed by atoms with Crippen LogP contribution in [0.3, 0.4) is 0 Å². The number of hydrogen-bond acceptors (Lipinski definition) is 2. The van der Waals surface area contributed by atoms with Crippen LogP contribution in [0.5, 0.6) is 0 Å². The van der Waals surface area contributed by atoms with E-state index in [0.29, 0.717) is 6.04 Å². The maximum atomic E-state index is 2.72. The summed E-state index contributed by atoms with van der Waals surface area (Å²) in [6.45, 7) is 10.6. The molecule has 0 spiro atoms. The van der Waals surface area contributed by atoms with Gasteiger partial charge in [-0.2, -0.15) is 0 Å². The lowest BCUT2D eigenvalue weighted by atomic mass is 10.0. The van der Waals surface area contributed by atoms with Crippen LogP contribution in [0.2, 0.25) is 0 Å². The molecule has 0 bridgehead atoms. The Balaban J connectivity index is 1.88. The fourth-order valence-corrected chi connectivity index (χ4v) is 3.87. The molecule has 0 amide bonds. The molecule has 2 aliphatic heterocycles. The van der Waals surface area contributed by atoms with Gasteiger partial charge in [-0.15, -0.1) is 0 Å². The van der Waals surface area contributed by atoms with Crippen molar-refractivity contribution in [3.05, 3.63) is 29.3 Å². The highest BCUT2D eigenvalue weighted by Crippen LogP contribution is 2.30. The molecule has 2 heteroatoms. The maximum Gasteiger partial charge on any atom is 0.0415 e. The van der Waals surface area contributed by atoms with Gasteiger partial charge in [0.05, 0.1) is 0 Å². The molecule has 2 unspecified atom stereocenters. The predicted molar refractivity (Wildman–Crippen MR) is 81.9 cm³/mol. The van der Waals surface area contributed by atoms with E-state index < -0.39 is 0 Å². The van der Waals surface area contributed by atoms with Gasteiger partial charge in [-0.05, 0) is 62.9 Å². The molecule has 1 aromatic rings. The Labute approximate surface area is 117 Å². The summed E-state index contributed by atoms with van der Waals surface area (Å²) in [5.74, 6) is 0. The molecule has 2 atom stereocenters. The van der Waals surface area contributed by atoms with Crippen molar-refractivity contribution in [1.82, 2.24) is 4.90 Å². The van der Waals surface area contributed by atoms with Crippen LogP contribution in [0.4, 0.5) is 5.69 Å². The summed E-state index contributed by atoms with van der Waals surface area (Å²) in [5.41, 5.74) is 4.22. The van der Waals surface area contributed by atoms with Crippen molar-refractivity contribution in [2.45, 2.75) is 52.1 Å². The lowest BCUT2D eigenvalue weighted by Gasteiger charge is -2.45. The van der Waals surface area contributed by atoms with Crippen LogP contribution in [0, 0.1) is 13.8 Å². The van der Waals surface area contributed by atoms with E-state index in [9.17, 15) is 0 Å². The predicted octanol–water partition coefficient (Wildman–Crippen LogP) is 3.37. The fourth-order valence-electron chi connectivity index (χ4n) is 3.87. The molecule has 2 nitrogen and oxygen atoms in total. The Kier molecular flexibility index (Phi) is 3.53. The molecule has 0 saturated carbocycles. The largest absolute Gasteiger partial charge is 0.366 e. The summed E-state index contributed by atoms with van der Waals surface area (Å²) >= 11 is 0. The number of rotatable bonds is 2. The first kappa shape index (κ1) is 13.0. The second kappa shape index (κ2) is 5.16. The minimum Gasteiger partial charge on any atom is -0.366 e. The third-order valence-corrected chi connectivity index (χ3v) is 4.80. The van der Waals surface area contributed by atoms with Gasteiger partial charge in [-0.1, -0.05) is 13.0 Å². The molecular formula is C17H26N2. The van der Waals surface area contributed by atoms with Gasteiger partial charge >= 0.3 is 0 Å². The van der Waals surface area contributed by atoms with E-state index >= 15 is 0 Å². The third kappa shape index (κ3) is 2.51. The van der Waals surface area contributed by atoms with Crippen LogP contribution in [0.1, 0.15) is 37.3 Å². The Morgan fingerprint density at radius 2 is 1.84 bits per heavy atom. The summed E-state index contributed by atoms with van der Waals surface area (Å²) in [6.07, 6.45) is 4.02. The SMILES string of the molecule is CCC1CN2CCCC2CN1c1cc(C)cc(C)c1. The zero-order valence-electron chi connectivity index (χ0n) is 12.5. The fraction of sp³-hybridized carbons (Fsp3) is 0.647. The lowest BCUT2D eigenvalue weighted by Crippen LogP contribution is -2.56. The average molecular weight is 258 g/mol. The van der Waals surface area contributed by atoms with Gasteiger partial charge in [0.25, 0.3) is 0 Å². The molecule has 1 aromatic carbocycles. The topological polar surface area (TPSA) is 6.48 Å². The van der Waals surface area contributed by atoms with Gasteiger partial charge < -0.3 is 4.90 Å². The van der Waals surface area contributed by atoms with Crippen LogP contribution in [0.15, 0.2) is 18.2 Å². The van der Waals surface area contributed by atoms with Gasteiger partial charge in [0, 0.05) is 30.9 Å². The highest BCUT2D eigenvalue weighted by atomic mass is 15.3. The maximum absolute atomic E-state index is 2.72. The Morgan fingerprint density at radius 3 is 2.53 bits per heavy atom. The minimum absolute atomic E-state index is 0.690. The van der Waals surface area contributed by atoms with Crippen molar-refractivity contribution in [3.63, 3.8) is 0 Å². The lowest BCUT2D eigenvalue weighted by molar-refractivity contribution is 0.194. The van der Waals surface area contributed by atoms with Crippen molar-refractivity contribution in [2.24, 2.45) is 0 Å². The van der Waals surface area contributed by atoms with E-state index in [4.69, 9.17) is 0 Å². The molecule has 0 radical (unpaired) electrons. The normalized spacial score (nSPS) is 27.6. The van der Waals surface area contributed by atoms with E-state index in [2.05, 4.69) is 48.8 Å². The third-order valence-electron chi connectivity index (χ3n) is 4.80. The summed E-state index contributed by atoms with van der Waals surface area (Å²) in [6, 6.07) is 8.48. The Bertz CT molecular complexity index is 434. The summed E-state index contributed by atoms with van der Waals surface area (Å²) < 4.78 is 0. The second-order valence-electron chi connectivity index (χ2n) is 6.35. The van der Waals surface area contributed by atoms with Crippen molar-refractivity contribution >= 4 is 5.69 Å². The Morgan fingerprint density at radius 1 is 1.11 bits per heavy atom. The van der Waals surface area contributed by atoms with Gasteiger partial charge in [0.15, 0.2) is 0 Å². The van der Waals surface area contributed by atoms with Crippen LogP contribution in [0.25, 0.3) is 0 Å². The van der Waals surface area contributed by atoms with Crippen LogP contribution < -0.4 is 4.90 Å². The molecule has 3 rings (SSSR count). The standard InChI is InChI=1S/C17H26N2/c1-4-15-11-18-7-5-6-16(18)12-19(15)17-9-13(2)8-14(3)10-17/h8-10,15-16H,4-7,11-12H2,1-3H3. The van der Waals surface area contributed by atoms with Crippen LogP contribution in [-0.4, -0.2) is 36.6 Å². The molecule has 0 aliphatic carbocycles. The highest BCUT2D eigenvalue weighted by Gasteiger charge is 2.35. The molecule has 2 fully saturated rings. The summed E-state index contributed by atoms with van der Waals surface area (Å²) in [5, 5.41) is 0. The number of fused-ring (bicyclic) bond motifs is 1. The van der Waals surface area contributed by atoms with E-state index in [-0.39, 0.29) is 0 Å². The Hall–Kier alpha value is -1.02. The van der Waals surface area contributed by atoms with Gasteiger partial charge in [-0.3, -0.25) is 4.90 Å². The molecule has 0 aromatic heterocycles. The number of benzene rings is 1. The smallest absolute Gasteiger partial charge is 0.0415 e. The molecule has 2 aliphatic rings. The van der Waals surface area contributed by atoms with Crippen molar-refractivity contribution in [1.29, 1.82) is 0 Å². The minimum atomic E-state index is 0.690. The summed E-state index contributed by atoms with van der Waals surface area (Å²) in [7, 11) is 0. The van der Waals surface area contributed by atoms with E-state index in [0.717, 1.165) is 6.04 Å². The highest BCUT2D eigenvalue weighted by molar-refractivity contribution is 5.52. The first-order valence-corrected chi connectivity index (χ1v) is 7.76. The van der Waals surface area contributed by atoms with Crippen molar-refractivity contribution < 1.29 is 0 Å². The number of hydrogen-bond donors (Lipinski definition) is 0. The molecule has 0 N–H and O–H groups in total. The van der Waals surface area contributed by atoms with E-state index in [1.54, 1.807) is 0 Å². The zero-order valence-corrected chi connectivity index (χ0v) is 12.5. The van der Waals surface area contributed by atoms with E-state index in [1.165, 1.54) is 55.7 Å². The van der Waals surface area contributed by atoms with Gasteiger partial charge in [0.1, 0.15) is 0 Å². The van der Waals surface area contributed by atoms with Gasteiger partial charge in [0.2, 0.25) is 0 Å². The number of nitrogens with zero attached hydrogens (tertiary/aromatic N) is 2. The molecule has 2 saturated heterocycles. The molecule has 2 heterocycles. The van der Waals surface area contributed by atoms with Crippen LogP contribution >= 0.6 is 0 Å². The van der Waals surface area contributed by atoms with Crippen molar-refractivity contribution in [2.75, 3.05) is 24.5 Å². The molecule has 19 heavy (non-hydrogen) atoms. The summed E-state index contributed by atoms with van der Waals surface area (Å²) in [4.78, 5) is 5.39. The number of aryl methyl sites for hydroxylation is 2. The zero-order chi connectivity index (χ0) is 13.4.